The van der Waals surface area contributed by atoms with E-state index in [9.17, 15) is 18.4 Å². The van der Waals surface area contributed by atoms with E-state index in [1.807, 2.05) is 0 Å². The summed E-state index contributed by atoms with van der Waals surface area (Å²) in [4.78, 5) is 27.2. The van der Waals surface area contributed by atoms with Crippen molar-refractivity contribution in [3.63, 3.8) is 0 Å². The topological polar surface area (TPSA) is 58.6 Å². The van der Waals surface area contributed by atoms with Crippen LogP contribution in [0.2, 0.25) is 0 Å². The SMILES string of the molecule is COc1ccc(C2=C(Nc3cccc(F)c3)C(=O)N(c3ccccc3F)C2=O)cc1. The zero-order valence-electron chi connectivity index (χ0n) is 15.9. The van der Waals surface area contributed by atoms with Gasteiger partial charge >= 0.3 is 0 Å². The van der Waals surface area contributed by atoms with Gasteiger partial charge in [0.1, 0.15) is 23.1 Å². The van der Waals surface area contributed by atoms with E-state index in [2.05, 4.69) is 5.32 Å². The monoisotopic (exact) mass is 406 g/mol. The molecule has 0 bridgehead atoms. The van der Waals surface area contributed by atoms with Gasteiger partial charge in [0, 0.05) is 5.69 Å². The quantitative estimate of drug-likeness (QED) is 0.640. The molecule has 0 saturated heterocycles. The van der Waals surface area contributed by atoms with Gasteiger partial charge in [0.2, 0.25) is 0 Å². The Bertz CT molecular complexity index is 1170. The van der Waals surface area contributed by atoms with Crippen molar-refractivity contribution in [1.82, 2.24) is 0 Å². The van der Waals surface area contributed by atoms with Crippen molar-refractivity contribution in [3.05, 3.63) is 95.7 Å². The molecule has 1 heterocycles. The minimum Gasteiger partial charge on any atom is -0.497 e. The molecule has 1 aliphatic rings. The number of para-hydroxylation sites is 1. The van der Waals surface area contributed by atoms with Gasteiger partial charge in [-0.05, 0) is 48.0 Å². The second-order valence-corrected chi connectivity index (χ2v) is 6.51. The zero-order valence-corrected chi connectivity index (χ0v) is 15.9. The molecule has 7 heteroatoms. The first-order valence-electron chi connectivity index (χ1n) is 9.04. The van der Waals surface area contributed by atoms with E-state index in [1.54, 1.807) is 30.3 Å². The van der Waals surface area contributed by atoms with Crippen molar-refractivity contribution in [1.29, 1.82) is 0 Å². The van der Waals surface area contributed by atoms with Gasteiger partial charge in [-0.3, -0.25) is 9.59 Å². The first-order valence-corrected chi connectivity index (χ1v) is 9.04. The van der Waals surface area contributed by atoms with Crippen molar-refractivity contribution in [3.8, 4) is 5.75 Å². The molecule has 3 aromatic rings. The van der Waals surface area contributed by atoms with E-state index < -0.39 is 23.4 Å². The molecule has 0 unspecified atom stereocenters. The lowest BCUT2D eigenvalue weighted by atomic mass is 10.0. The van der Waals surface area contributed by atoms with Gasteiger partial charge in [0.15, 0.2) is 0 Å². The normalized spacial score (nSPS) is 13.8. The number of halogens is 2. The summed E-state index contributed by atoms with van der Waals surface area (Å²) in [7, 11) is 1.51. The lowest BCUT2D eigenvalue weighted by Crippen LogP contribution is -2.33. The third-order valence-corrected chi connectivity index (χ3v) is 4.65. The summed E-state index contributed by atoms with van der Waals surface area (Å²) in [6.45, 7) is 0. The number of nitrogens with zero attached hydrogens (tertiary/aromatic N) is 1. The Balaban J connectivity index is 1.84. The van der Waals surface area contributed by atoms with Crippen LogP contribution in [0, 0.1) is 11.6 Å². The van der Waals surface area contributed by atoms with Crippen LogP contribution in [-0.4, -0.2) is 18.9 Å². The molecular formula is C23H16F2N2O3. The standard InChI is InChI=1S/C23H16F2N2O3/c1-30-17-11-9-14(10-12-17)20-21(26-16-6-4-5-15(24)13-16)23(29)27(22(20)28)19-8-3-2-7-18(19)25/h2-13,26H,1H3. The molecule has 0 aromatic heterocycles. The molecule has 150 valence electrons. The number of imide groups is 1. The maximum atomic E-state index is 14.4. The van der Waals surface area contributed by atoms with Crippen LogP contribution in [0.3, 0.4) is 0 Å². The summed E-state index contributed by atoms with van der Waals surface area (Å²) in [6.07, 6.45) is 0. The minimum atomic E-state index is -0.736. The molecule has 0 aliphatic carbocycles. The average Bonchev–Trinajstić information content (AvgIpc) is 2.98. The van der Waals surface area contributed by atoms with Crippen LogP contribution in [-0.2, 0) is 9.59 Å². The molecule has 1 aliphatic heterocycles. The molecule has 0 saturated carbocycles. The Hall–Kier alpha value is -4.00. The Morgan fingerprint density at radius 1 is 0.867 bits per heavy atom. The summed E-state index contributed by atoms with van der Waals surface area (Å²) in [5.74, 6) is -2.06. The third kappa shape index (κ3) is 3.41. The van der Waals surface area contributed by atoms with Gasteiger partial charge in [-0.25, -0.2) is 13.7 Å². The average molecular weight is 406 g/mol. The number of carbonyl (C=O) groups is 2. The molecule has 4 rings (SSSR count). The van der Waals surface area contributed by atoms with E-state index in [1.165, 1.54) is 49.6 Å². The van der Waals surface area contributed by atoms with Crippen LogP contribution in [0.15, 0.2) is 78.5 Å². The molecule has 1 N–H and O–H groups in total. The van der Waals surface area contributed by atoms with Gasteiger partial charge < -0.3 is 10.1 Å². The smallest absolute Gasteiger partial charge is 0.282 e. The van der Waals surface area contributed by atoms with E-state index >= 15 is 0 Å². The summed E-state index contributed by atoms with van der Waals surface area (Å²) >= 11 is 0. The Morgan fingerprint density at radius 3 is 2.27 bits per heavy atom. The summed E-state index contributed by atoms with van der Waals surface area (Å²) < 4.78 is 33.1. The summed E-state index contributed by atoms with van der Waals surface area (Å²) in [5, 5.41) is 2.83. The zero-order chi connectivity index (χ0) is 21.3. The van der Waals surface area contributed by atoms with Crippen LogP contribution in [0.4, 0.5) is 20.2 Å². The number of anilines is 2. The molecule has 0 spiro atoms. The van der Waals surface area contributed by atoms with Crippen LogP contribution >= 0.6 is 0 Å². The summed E-state index contributed by atoms with van der Waals surface area (Å²) in [5.41, 5.74) is 0.545. The second kappa shape index (κ2) is 7.79. The number of benzene rings is 3. The maximum Gasteiger partial charge on any atom is 0.282 e. The molecular weight excluding hydrogens is 390 g/mol. The van der Waals surface area contributed by atoms with Crippen LogP contribution in [0.25, 0.3) is 5.57 Å². The number of hydrogen-bond donors (Lipinski definition) is 1. The predicted molar refractivity (Wildman–Crippen MR) is 109 cm³/mol. The second-order valence-electron chi connectivity index (χ2n) is 6.51. The molecule has 0 fully saturated rings. The van der Waals surface area contributed by atoms with Crippen molar-refractivity contribution < 1.29 is 23.1 Å². The van der Waals surface area contributed by atoms with Crippen molar-refractivity contribution >= 4 is 28.8 Å². The van der Waals surface area contributed by atoms with Gasteiger partial charge in [0.05, 0.1) is 18.4 Å². The number of ether oxygens (including phenoxy) is 1. The molecule has 5 nitrogen and oxygen atoms in total. The fraction of sp³-hybridized carbons (Fsp3) is 0.0435. The van der Waals surface area contributed by atoms with E-state index in [0.29, 0.717) is 11.3 Å². The first-order chi connectivity index (χ1) is 14.5. The highest BCUT2D eigenvalue weighted by Crippen LogP contribution is 2.35. The van der Waals surface area contributed by atoms with Crippen molar-refractivity contribution in [2.24, 2.45) is 0 Å². The Morgan fingerprint density at radius 2 is 1.60 bits per heavy atom. The van der Waals surface area contributed by atoms with E-state index in [4.69, 9.17) is 4.74 Å². The van der Waals surface area contributed by atoms with Crippen LogP contribution < -0.4 is 15.0 Å². The summed E-state index contributed by atoms with van der Waals surface area (Å²) in [6, 6.07) is 17.5. The molecule has 2 amide bonds. The maximum absolute atomic E-state index is 14.4. The Kier molecular flexibility index (Phi) is 5.02. The van der Waals surface area contributed by atoms with Crippen LogP contribution in [0.5, 0.6) is 5.75 Å². The van der Waals surface area contributed by atoms with E-state index in [-0.39, 0.29) is 22.6 Å². The lowest BCUT2D eigenvalue weighted by molar-refractivity contribution is -0.120. The number of methoxy groups -OCH3 is 1. The van der Waals surface area contributed by atoms with Gasteiger partial charge in [-0.2, -0.15) is 0 Å². The number of hydrogen-bond acceptors (Lipinski definition) is 4. The molecule has 0 radical (unpaired) electrons. The van der Waals surface area contributed by atoms with Crippen LogP contribution in [0.1, 0.15) is 5.56 Å². The van der Waals surface area contributed by atoms with Crippen molar-refractivity contribution in [2.75, 3.05) is 17.3 Å². The fourth-order valence-corrected chi connectivity index (χ4v) is 3.23. The van der Waals surface area contributed by atoms with Gasteiger partial charge in [0.25, 0.3) is 11.8 Å². The number of rotatable bonds is 5. The van der Waals surface area contributed by atoms with E-state index in [0.717, 1.165) is 4.90 Å². The highest BCUT2D eigenvalue weighted by Gasteiger charge is 2.41. The number of amides is 2. The molecule has 0 atom stereocenters. The lowest BCUT2D eigenvalue weighted by Gasteiger charge is -2.16. The fourth-order valence-electron chi connectivity index (χ4n) is 3.23. The molecule has 30 heavy (non-hydrogen) atoms. The number of carbonyl (C=O) groups excluding carboxylic acids is 2. The first kappa shape index (κ1) is 19.3. The molecule has 3 aromatic carbocycles. The highest BCUT2D eigenvalue weighted by atomic mass is 19.1. The number of nitrogens with one attached hydrogen (secondary N) is 1. The van der Waals surface area contributed by atoms with Gasteiger partial charge in [-0.15, -0.1) is 0 Å². The predicted octanol–water partition coefficient (Wildman–Crippen LogP) is 4.37. The Labute approximate surface area is 171 Å². The third-order valence-electron chi connectivity index (χ3n) is 4.65. The highest BCUT2D eigenvalue weighted by molar-refractivity contribution is 6.46. The van der Waals surface area contributed by atoms with Crippen molar-refractivity contribution in [2.45, 2.75) is 0 Å². The largest absolute Gasteiger partial charge is 0.497 e. The minimum absolute atomic E-state index is 0.0511. The van der Waals surface area contributed by atoms with Gasteiger partial charge in [-0.1, -0.05) is 30.3 Å².